The number of ether oxygens (including phenoxy) is 3. The lowest BCUT2D eigenvalue weighted by Crippen LogP contribution is -2.48. The second-order valence-electron chi connectivity index (χ2n) is 12.4. The standard InChI is InChI=1S/C36H48N4O8S/c1-25-22-40(26(2)24-41)35(42)32-21-29(38-36(43)37-28-12-7-6-8-13-28)14-19-33(32)48-27(3)11-9-10-20-47-34(25)23-39(4)49(44,45)31-17-15-30(46-5)16-18-31/h6-8,12-19,21,25-27,34,41H,9-11,20,22-24H2,1-5H3,(H2,37,38,43)/t25-,26+,27-,34-/m0/s1. The van der Waals surface area contributed by atoms with E-state index in [2.05, 4.69) is 10.6 Å². The number of fused-ring (bicyclic) bond motifs is 1. The minimum atomic E-state index is -3.85. The van der Waals surface area contributed by atoms with Crippen molar-refractivity contribution in [1.82, 2.24) is 9.21 Å². The highest BCUT2D eigenvalue weighted by molar-refractivity contribution is 7.89. The van der Waals surface area contributed by atoms with Crippen LogP contribution in [-0.4, -0.2) is 93.4 Å². The van der Waals surface area contributed by atoms with Crippen LogP contribution in [0.3, 0.4) is 0 Å². The molecule has 0 aliphatic carbocycles. The van der Waals surface area contributed by atoms with Crippen LogP contribution in [0.1, 0.15) is 50.4 Å². The molecule has 0 aromatic heterocycles. The molecule has 13 heteroatoms. The maximum Gasteiger partial charge on any atom is 0.323 e. The SMILES string of the molecule is COc1ccc(S(=O)(=O)N(C)C[C@@H]2OCCCC[C@H](C)Oc3ccc(NC(=O)Nc4ccccc4)cc3C(=O)N([C@H](C)CO)C[C@@H]2C)cc1. The number of aliphatic hydroxyl groups excluding tert-OH is 1. The van der Waals surface area contributed by atoms with Gasteiger partial charge in [-0.25, -0.2) is 13.2 Å². The number of hydrogen-bond donors (Lipinski definition) is 3. The van der Waals surface area contributed by atoms with Crippen LogP contribution < -0.4 is 20.1 Å². The summed E-state index contributed by atoms with van der Waals surface area (Å²) in [4.78, 5) is 28.8. The van der Waals surface area contributed by atoms with Crippen LogP contribution in [0.4, 0.5) is 16.2 Å². The van der Waals surface area contributed by atoms with E-state index in [1.807, 2.05) is 32.0 Å². The molecule has 0 bridgehead atoms. The lowest BCUT2D eigenvalue weighted by molar-refractivity contribution is -0.00834. The Kier molecular flexibility index (Phi) is 13.4. The van der Waals surface area contributed by atoms with Gasteiger partial charge in [0.25, 0.3) is 5.91 Å². The third kappa shape index (κ3) is 10.2. The number of carbonyl (C=O) groups excluding carboxylic acids is 2. The summed E-state index contributed by atoms with van der Waals surface area (Å²) in [5.41, 5.74) is 1.22. The third-order valence-electron chi connectivity index (χ3n) is 8.55. The van der Waals surface area contributed by atoms with Crippen LogP contribution in [0.5, 0.6) is 11.5 Å². The summed E-state index contributed by atoms with van der Waals surface area (Å²) >= 11 is 0. The van der Waals surface area contributed by atoms with Gasteiger partial charge in [0, 0.05) is 44.0 Å². The van der Waals surface area contributed by atoms with Gasteiger partial charge in [0.2, 0.25) is 10.0 Å². The number of amides is 3. The van der Waals surface area contributed by atoms with Gasteiger partial charge < -0.3 is 34.9 Å². The first-order valence-corrected chi connectivity index (χ1v) is 17.9. The molecule has 3 N–H and O–H groups in total. The average Bonchev–Trinajstić information content (AvgIpc) is 3.09. The van der Waals surface area contributed by atoms with E-state index in [1.165, 1.54) is 30.6 Å². The first-order valence-electron chi connectivity index (χ1n) is 16.5. The monoisotopic (exact) mass is 696 g/mol. The molecule has 3 aromatic carbocycles. The van der Waals surface area contributed by atoms with Crippen molar-refractivity contribution in [1.29, 1.82) is 0 Å². The summed E-state index contributed by atoms with van der Waals surface area (Å²) in [7, 11) is -0.827. The number of urea groups is 1. The summed E-state index contributed by atoms with van der Waals surface area (Å²) in [6.45, 7) is 5.87. The number of aliphatic hydroxyl groups is 1. The van der Waals surface area contributed by atoms with Gasteiger partial charge >= 0.3 is 6.03 Å². The van der Waals surface area contributed by atoms with Crippen molar-refractivity contribution in [2.75, 3.05) is 51.1 Å². The Morgan fingerprint density at radius 1 is 1.04 bits per heavy atom. The Hall–Kier alpha value is -4.17. The fraction of sp³-hybridized carbons (Fsp3) is 0.444. The smallest absolute Gasteiger partial charge is 0.323 e. The number of benzene rings is 3. The molecule has 1 aliphatic heterocycles. The van der Waals surface area contributed by atoms with E-state index in [0.29, 0.717) is 35.9 Å². The number of likely N-dealkylation sites (N-methyl/N-ethyl adjacent to an activating group) is 1. The Morgan fingerprint density at radius 3 is 2.41 bits per heavy atom. The topological polar surface area (TPSA) is 147 Å². The van der Waals surface area contributed by atoms with Gasteiger partial charge in [-0.15, -0.1) is 0 Å². The van der Waals surface area contributed by atoms with Crippen molar-refractivity contribution in [3.8, 4) is 11.5 Å². The van der Waals surface area contributed by atoms with E-state index in [4.69, 9.17) is 14.2 Å². The quantitative estimate of drug-likeness (QED) is 0.268. The first kappa shape index (κ1) is 37.6. The fourth-order valence-corrected chi connectivity index (χ4v) is 6.74. The maximum absolute atomic E-state index is 14.4. The van der Waals surface area contributed by atoms with Crippen LogP contribution in [0.2, 0.25) is 0 Å². The van der Waals surface area contributed by atoms with Gasteiger partial charge in [0.05, 0.1) is 42.4 Å². The number of carbonyl (C=O) groups is 2. The lowest BCUT2D eigenvalue weighted by Gasteiger charge is -2.35. The van der Waals surface area contributed by atoms with Crippen LogP contribution in [0.15, 0.2) is 77.7 Å². The molecule has 0 saturated heterocycles. The molecule has 1 aliphatic rings. The van der Waals surface area contributed by atoms with E-state index in [1.54, 1.807) is 54.3 Å². The van der Waals surface area contributed by atoms with Crippen LogP contribution in [-0.2, 0) is 14.8 Å². The predicted octanol–water partition coefficient (Wildman–Crippen LogP) is 5.46. The summed E-state index contributed by atoms with van der Waals surface area (Å²) in [5, 5.41) is 15.8. The number of anilines is 2. The first-order chi connectivity index (χ1) is 23.4. The Balaban J connectivity index is 1.62. The molecular weight excluding hydrogens is 648 g/mol. The normalized spacial score (nSPS) is 20.0. The minimum Gasteiger partial charge on any atom is -0.497 e. The lowest BCUT2D eigenvalue weighted by atomic mass is 10.0. The van der Waals surface area contributed by atoms with Crippen molar-refractivity contribution in [2.24, 2.45) is 5.92 Å². The van der Waals surface area contributed by atoms with Gasteiger partial charge in [0.15, 0.2) is 0 Å². The van der Waals surface area contributed by atoms with Gasteiger partial charge in [-0.2, -0.15) is 4.31 Å². The van der Waals surface area contributed by atoms with Crippen LogP contribution in [0.25, 0.3) is 0 Å². The van der Waals surface area contributed by atoms with Gasteiger partial charge in [-0.05, 0) is 87.7 Å². The number of hydrogen-bond acceptors (Lipinski definition) is 8. The molecule has 0 fully saturated rings. The summed E-state index contributed by atoms with van der Waals surface area (Å²) < 4.78 is 46.1. The molecule has 49 heavy (non-hydrogen) atoms. The second kappa shape index (κ2) is 17.5. The molecule has 3 aromatic rings. The highest BCUT2D eigenvalue weighted by atomic mass is 32.2. The molecular formula is C36H48N4O8S. The second-order valence-corrected chi connectivity index (χ2v) is 14.5. The molecule has 0 saturated carbocycles. The largest absolute Gasteiger partial charge is 0.497 e. The highest BCUT2D eigenvalue weighted by Gasteiger charge is 2.32. The van der Waals surface area contributed by atoms with Crippen molar-refractivity contribution in [2.45, 2.75) is 63.2 Å². The van der Waals surface area contributed by atoms with Crippen LogP contribution in [0, 0.1) is 5.92 Å². The van der Waals surface area contributed by atoms with E-state index >= 15 is 0 Å². The zero-order chi connectivity index (χ0) is 35.6. The molecule has 0 unspecified atom stereocenters. The third-order valence-corrected chi connectivity index (χ3v) is 10.4. The van der Waals surface area contributed by atoms with Crippen molar-refractivity contribution in [3.05, 3.63) is 78.4 Å². The van der Waals surface area contributed by atoms with Crippen LogP contribution >= 0.6 is 0 Å². The molecule has 266 valence electrons. The number of nitrogens with zero attached hydrogens (tertiary/aromatic N) is 2. The molecule has 4 atom stereocenters. The van der Waals surface area contributed by atoms with E-state index < -0.39 is 34.1 Å². The minimum absolute atomic E-state index is 0.0474. The van der Waals surface area contributed by atoms with Gasteiger partial charge in [-0.1, -0.05) is 25.1 Å². The summed E-state index contributed by atoms with van der Waals surface area (Å²) in [6, 6.07) is 19.1. The molecule has 12 nitrogen and oxygen atoms in total. The summed E-state index contributed by atoms with van der Waals surface area (Å²) in [6.07, 6.45) is 1.42. The van der Waals surface area contributed by atoms with Crippen molar-refractivity contribution in [3.63, 3.8) is 0 Å². The Morgan fingerprint density at radius 2 is 1.73 bits per heavy atom. The summed E-state index contributed by atoms with van der Waals surface area (Å²) in [5.74, 6) is 0.171. The van der Waals surface area contributed by atoms with E-state index in [0.717, 1.165) is 12.8 Å². The molecule has 0 radical (unpaired) electrons. The molecule has 4 rings (SSSR count). The average molecular weight is 697 g/mol. The van der Waals surface area contributed by atoms with E-state index in [-0.39, 0.29) is 42.2 Å². The molecule has 1 heterocycles. The maximum atomic E-state index is 14.4. The predicted molar refractivity (Wildman–Crippen MR) is 189 cm³/mol. The van der Waals surface area contributed by atoms with E-state index in [9.17, 15) is 23.1 Å². The molecule has 0 spiro atoms. The number of nitrogens with one attached hydrogen (secondary N) is 2. The van der Waals surface area contributed by atoms with Gasteiger partial charge in [0.1, 0.15) is 11.5 Å². The zero-order valence-electron chi connectivity index (χ0n) is 28.8. The highest BCUT2D eigenvalue weighted by Crippen LogP contribution is 2.29. The number of methoxy groups -OCH3 is 1. The number of sulfonamides is 1. The Labute approximate surface area is 289 Å². The van der Waals surface area contributed by atoms with Gasteiger partial charge in [-0.3, -0.25) is 4.79 Å². The zero-order valence-corrected chi connectivity index (χ0v) is 29.6. The fourth-order valence-electron chi connectivity index (χ4n) is 5.56. The van der Waals surface area contributed by atoms with Crippen molar-refractivity contribution < 1.29 is 37.3 Å². The Bertz CT molecular complexity index is 1640. The number of rotatable bonds is 9. The van der Waals surface area contributed by atoms with Crippen molar-refractivity contribution >= 4 is 33.3 Å². The number of para-hydroxylation sites is 1. The molecule has 3 amide bonds.